The van der Waals surface area contributed by atoms with Gasteiger partial charge in [-0.3, -0.25) is 4.79 Å². The number of hydrogen-bond donors (Lipinski definition) is 2. The lowest BCUT2D eigenvalue weighted by atomic mass is 10.2. The van der Waals surface area contributed by atoms with Crippen LogP contribution in [0.25, 0.3) is 0 Å². The summed E-state index contributed by atoms with van der Waals surface area (Å²) >= 11 is 5.98. The van der Waals surface area contributed by atoms with Gasteiger partial charge < -0.3 is 11.2 Å². The van der Waals surface area contributed by atoms with E-state index in [1.165, 1.54) is 0 Å². The van der Waals surface area contributed by atoms with Crippen molar-refractivity contribution in [2.75, 3.05) is 16.9 Å². The molecular formula is C12H8ClF6N5OS. The SMILES string of the molecule is Nn1c(SCC(=O)Nc2ccc(Cl)c(C(F)(F)F)c2)nnc1C(F)(F)F. The van der Waals surface area contributed by atoms with Gasteiger partial charge in [0.2, 0.25) is 11.1 Å². The third-order valence-electron chi connectivity index (χ3n) is 2.81. The molecule has 6 nitrogen and oxygen atoms in total. The third kappa shape index (κ3) is 4.72. The number of thioether (sulfide) groups is 1. The van der Waals surface area contributed by atoms with Gasteiger partial charge in [-0.05, 0) is 18.2 Å². The van der Waals surface area contributed by atoms with Gasteiger partial charge in [0.25, 0.3) is 5.82 Å². The highest BCUT2D eigenvalue weighted by Gasteiger charge is 2.38. The summed E-state index contributed by atoms with van der Waals surface area (Å²) in [4.78, 5) is 11.8. The average Bonchev–Trinajstić information content (AvgIpc) is 2.87. The number of rotatable bonds is 4. The zero-order chi connectivity index (χ0) is 19.7. The van der Waals surface area contributed by atoms with E-state index in [4.69, 9.17) is 17.4 Å². The maximum Gasteiger partial charge on any atom is 0.453 e. The second-order valence-electron chi connectivity index (χ2n) is 4.70. The Morgan fingerprint density at radius 1 is 1.19 bits per heavy atom. The lowest BCUT2D eigenvalue weighted by molar-refractivity contribution is -0.146. The molecule has 1 aromatic heterocycles. The van der Waals surface area contributed by atoms with Crippen molar-refractivity contribution in [3.05, 3.63) is 34.6 Å². The van der Waals surface area contributed by atoms with Crippen molar-refractivity contribution in [3.63, 3.8) is 0 Å². The highest BCUT2D eigenvalue weighted by atomic mass is 35.5. The summed E-state index contributed by atoms with van der Waals surface area (Å²) in [5, 5.41) is 7.31. The summed E-state index contributed by atoms with van der Waals surface area (Å²) in [6.45, 7) is 0. The van der Waals surface area contributed by atoms with E-state index in [0.29, 0.717) is 17.8 Å². The summed E-state index contributed by atoms with van der Waals surface area (Å²) in [5.74, 6) is 2.49. The van der Waals surface area contributed by atoms with E-state index < -0.39 is 40.4 Å². The van der Waals surface area contributed by atoms with Crippen molar-refractivity contribution in [2.24, 2.45) is 0 Å². The highest BCUT2D eigenvalue weighted by molar-refractivity contribution is 7.99. The van der Waals surface area contributed by atoms with E-state index in [1.54, 1.807) is 0 Å². The quantitative estimate of drug-likeness (QED) is 0.450. The summed E-state index contributed by atoms with van der Waals surface area (Å²) < 4.78 is 76.0. The molecule has 14 heteroatoms. The van der Waals surface area contributed by atoms with Gasteiger partial charge >= 0.3 is 12.4 Å². The Morgan fingerprint density at radius 3 is 2.38 bits per heavy atom. The predicted molar refractivity (Wildman–Crippen MR) is 81.0 cm³/mol. The first kappa shape index (κ1) is 20.2. The predicted octanol–water partition coefficient (Wildman–Crippen LogP) is 3.41. The average molecular weight is 420 g/mol. The van der Waals surface area contributed by atoms with Gasteiger partial charge in [-0.2, -0.15) is 26.3 Å². The minimum Gasteiger partial charge on any atom is -0.335 e. The van der Waals surface area contributed by atoms with Crippen LogP contribution < -0.4 is 11.2 Å². The van der Waals surface area contributed by atoms with E-state index >= 15 is 0 Å². The number of carbonyl (C=O) groups is 1. The first-order chi connectivity index (χ1) is 11.9. The van der Waals surface area contributed by atoms with Crippen molar-refractivity contribution in [1.82, 2.24) is 14.9 Å². The Labute approximate surface area is 150 Å². The second kappa shape index (κ2) is 7.23. The van der Waals surface area contributed by atoms with E-state index in [2.05, 4.69) is 15.5 Å². The zero-order valence-electron chi connectivity index (χ0n) is 12.3. The van der Waals surface area contributed by atoms with Crippen LogP contribution in [-0.2, 0) is 17.1 Å². The fraction of sp³-hybridized carbons (Fsp3) is 0.250. The molecule has 2 rings (SSSR count). The number of nitrogen functional groups attached to an aromatic ring is 1. The third-order valence-corrected chi connectivity index (χ3v) is 4.08. The summed E-state index contributed by atoms with van der Waals surface area (Å²) in [6, 6.07) is 2.74. The first-order valence-corrected chi connectivity index (χ1v) is 7.83. The number of amides is 1. The number of hydrogen-bond acceptors (Lipinski definition) is 5. The Bertz CT molecular complexity index is 821. The van der Waals surface area contributed by atoms with Crippen LogP contribution in [0, 0.1) is 0 Å². The standard InChI is InChI=1S/C12H8ClF6N5OS/c13-7-2-1-5(3-6(7)11(14,15)16)21-8(25)4-26-10-23-22-9(24(10)20)12(17,18)19/h1-3H,4,20H2,(H,21,25). The monoisotopic (exact) mass is 419 g/mol. The summed E-state index contributed by atoms with van der Waals surface area (Å²) in [7, 11) is 0. The van der Waals surface area contributed by atoms with Gasteiger partial charge in [-0.25, -0.2) is 4.68 Å². The van der Waals surface area contributed by atoms with Crippen molar-refractivity contribution < 1.29 is 31.1 Å². The molecule has 2 aromatic rings. The number of benzene rings is 1. The number of alkyl halides is 6. The number of nitrogens with two attached hydrogens (primary N) is 1. The molecule has 0 fully saturated rings. The lowest BCUT2D eigenvalue weighted by Gasteiger charge is -2.11. The Morgan fingerprint density at radius 2 is 1.85 bits per heavy atom. The van der Waals surface area contributed by atoms with E-state index in [-0.39, 0.29) is 15.5 Å². The number of carbonyl (C=O) groups excluding carboxylic acids is 1. The van der Waals surface area contributed by atoms with Gasteiger partial charge in [0.05, 0.1) is 16.3 Å². The number of aromatic nitrogens is 3. The summed E-state index contributed by atoms with van der Waals surface area (Å²) in [5.41, 5.74) is -1.32. The fourth-order valence-electron chi connectivity index (χ4n) is 1.72. The smallest absolute Gasteiger partial charge is 0.335 e. The molecule has 1 aromatic carbocycles. The Hall–Kier alpha value is -2.15. The topological polar surface area (TPSA) is 85.8 Å². The van der Waals surface area contributed by atoms with Crippen LogP contribution in [0.2, 0.25) is 5.02 Å². The fourth-order valence-corrected chi connectivity index (χ4v) is 2.60. The molecule has 0 aliphatic heterocycles. The molecule has 0 aliphatic rings. The van der Waals surface area contributed by atoms with E-state index in [0.717, 1.165) is 12.1 Å². The molecule has 1 heterocycles. The normalized spacial score (nSPS) is 12.3. The van der Waals surface area contributed by atoms with Crippen molar-refractivity contribution >= 4 is 35.0 Å². The van der Waals surface area contributed by atoms with Crippen LogP contribution >= 0.6 is 23.4 Å². The van der Waals surface area contributed by atoms with Crippen LogP contribution in [0.3, 0.4) is 0 Å². The van der Waals surface area contributed by atoms with Crippen LogP contribution in [0.1, 0.15) is 11.4 Å². The molecule has 0 unspecified atom stereocenters. The second-order valence-corrected chi connectivity index (χ2v) is 6.05. The van der Waals surface area contributed by atoms with Gasteiger partial charge in [0.1, 0.15) is 0 Å². The molecule has 0 bridgehead atoms. The number of nitrogens with one attached hydrogen (secondary N) is 1. The van der Waals surface area contributed by atoms with E-state index in [9.17, 15) is 31.1 Å². The molecule has 26 heavy (non-hydrogen) atoms. The molecule has 0 aliphatic carbocycles. The molecule has 0 radical (unpaired) electrons. The molecule has 142 valence electrons. The molecule has 3 N–H and O–H groups in total. The van der Waals surface area contributed by atoms with Crippen LogP contribution in [-0.4, -0.2) is 26.5 Å². The van der Waals surface area contributed by atoms with Gasteiger partial charge in [-0.15, -0.1) is 10.2 Å². The molecule has 1 amide bonds. The number of anilines is 1. The maximum absolute atomic E-state index is 12.8. The number of nitrogens with zero attached hydrogens (tertiary/aromatic N) is 3. The number of halogens is 7. The lowest BCUT2D eigenvalue weighted by Crippen LogP contribution is -2.22. The minimum absolute atomic E-state index is 0.169. The molecule has 0 saturated heterocycles. The maximum atomic E-state index is 12.8. The molecule has 0 spiro atoms. The van der Waals surface area contributed by atoms with Crippen molar-refractivity contribution in [2.45, 2.75) is 17.5 Å². The Balaban J connectivity index is 2.03. The van der Waals surface area contributed by atoms with Crippen LogP contribution in [0.15, 0.2) is 23.4 Å². The minimum atomic E-state index is -4.82. The van der Waals surface area contributed by atoms with Crippen LogP contribution in [0.4, 0.5) is 32.0 Å². The Kier molecular flexibility index (Phi) is 5.61. The van der Waals surface area contributed by atoms with Crippen molar-refractivity contribution in [3.8, 4) is 0 Å². The largest absolute Gasteiger partial charge is 0.453 e. The molecule has 0 atom stereocenters. The highest BCUT2D eigenvalue weighted by Crippen LogP contribution is 2.36. The molecular weight excluding hydrogens is 412 g/mol. The van der Waals surface area contributed by atoms with Gasteiger partial charge in [-0.1, -0.05) is 23.4 Å². The zero-order valence-corrected chi connectivity index (χ0v) is 13.9. The van der Waals surface area contributed by atoms with Gasteiger partial charge in [0, 0.05) is 5.69 Å². The van der Waals surface area contributed by atoms with Crippen LogP contribution in [0.5, 0.6) is 0 Å². The first-order valence-electron chi connectivity index (χ1n) is 6.46. The molecule has 0 saturated carbocycles. The van der Waals surface area contributed by atoms with Crippen molar-refractivity contribution in [1.29, 1.82) is 0 Å². The van der Waals surface area contributed by atoms with E-state index in [1.807, 2.05) is 0 Å². The van der Waals surface area contributed by atoms with Gasteiger partial charge in [0.15, 0.2) is 0 Å². The summed E-state index contributed by atoms with van der Waals surface area (Å²) in [6.07, 6.45) is -9.53.